The number of rotatable bonds is 5. The van der Waals surface area contributed by atoms with E-state index in [0.717, 1.165) is 38.1 Å². The molecule has 1 amide bonds. The molecule has 1 atom stereocenters. The fourth-order valence-electron chi connectivity index (χ4n) is 3.32. The van der Waals surface area contributed by atoms with Gasteiger partial charge in [0, 0.05) is 37.5 Å². The highest BCUT2D eigenvalue weighted by molar-refractivity contribution is 5.89. The van der Waals surface area contributed by atoms with Gasteiger partial charge in [0.25, 0.3) is 0 Å². The molecule has 3 heterocycles. The molecule has 0 saturated carbocycles. The summed E-state index contributed by atoms with van der Waals surface area (Å²) in [4.78, 5) is 18.7. The van der Waals surface area contributed by atoms with E-state index in [9.17, 15) is 4.79 Å². The van der Waals surface area contributed by atoms with Crippen molar-refractivity contribution in [3.05, 3.63) is 30.2 Å². The summed E-state index contributed by atoms with van der Waals surface area (Å²) < 4.78 is 10.6. The molecule has 0 radical (unpaired) electrons. The fraction of sp³-hybridized carbons (Fsp3) is 0.500. The Morgan fingerprint density at radius 1 is 1.20 bits per heavy atom. The lowest BCUT2D eigenvalue weighted by molar-refractivity contribution is 0.0822. The molecular formula is C18H22N4O3. The average Bonchev–Trinajstić information content (AvgIpc) is 3.42. The second-order valence-electron chi connectivity index (χ2n) is 6.51. The largest absolute Gasteiger partial charge is 0.376 e. The molecule has 4 rings (SSSR count). The van der Waals surface area contributed by atoms with E-state index in [2.05, 4.69) is 32.5 Å². The first-order chi connectivity index (χ1) is 12.3. The van der Waals surface area contributed by atoms with E-state index in [1.54, 1.807) is 0 Å². The molecule has 2 saturated heterocycles. The van der Waals surface area contributed by atoms with E-state index in [4.69, 9.17) is 9.26 Å². The van der Waals surface area contributed by atoms with Gasteiger partial charge in [0.1, 0.15) is 0 Å². The van der Waals surface area contributed by atoms with Crippen LogP contribution in [0.4, 0.5) is 5.69 Å². The molecule has 1 N–H and O–H groups in total. The highest BCUT2D eigenvalue weighted by Gasteiger charge is 2.20. The zero-order valence-electron chi connectivity index (χ0n) is 14.1. The van der Waals surface area contributed by atoms with E-state index in [0.29, 0.717) is 12.4 Å². The Hall–Kier alpha value is -2.41. The maximum atomic E-state index is 12.1. The Kier molecular flexibility index (Phi) is 4.65. The first-order valence-corrected chi connectivity index (χ1v) is 8.88. The van der Waals surface area contributed by atoms with Crippen molar-refractivity contribution in [3.63, 3.8) is 0 Å². The van der Waals surface area contributed by atoms with Crippen LogP contribution in [0.25, 0.3) is 11.4 Å². The molecule has 0 aliphatic carbocycles. The molecule has 25 heavy (non-hydrogen) atoms. The van der Waals surface area contributed by atoms with Crippen molar-refractivity contribution in [1.29, 1.82) is 0 Å². The van der Waals surface area contributed by atoms with Crippen LogP contribution >= 0.6 is 0 Å². The molecule has 0 bridgehead atoms. The van der Waals surface area contributed by atoms with Gasteiger partial charge in [-0.15, -0.1) is 0 Å². The summed E-state index contributed by atoms with van der Waals surface area (Å²) in [5.74, 6) is 0.0507. The quantitative estimate of drug-likeness (QED) is 0.898. The number of aromatic nitrogens is 2. The van der Waals surface area contributed by atoms with Crippen molar-refractivity contribution in [2.45, 2.75) is 31.8 Å². The van der Waals surface area contributed by atoms with Crippen LogP contribution in [0, 0.1) is 0 Å². The first kappa shape index (κ1) is 16.1. The number of benzene rings is 1. The van der Waals surface area contributed by atoms with Gasteiger partial charge >= 0.3 is 11.8 Å². The van der Waals surface area contributed by atoms with Crippen LogP contribution in [-0.2, 0) is 4.74 Å². The summed E-state index contributed by atoms with van der Waals surface area (Å²) in [5.41, 5.74) is 2.05. The molecule has 132 valence electrons. The maximum Gasteiger partial charge on any atom is 0.316 e. The van der Waals surface area contributed by atoms with E-state index in [1.165, 1.54) is 18.5 Å². The van der Waals surface area contributed by atoms with Crippen LogP contribution in [0.3, 0.4) is 0 Å². The summed E-state index contributed by atoms with van der Waals surface area (Å²) >= 11 is 0. The van der Waals surface area contributed by atoms with Crippen LogP contribution in [-0.4, -0.2) is 48.4 Å². The fourth-order valence-corrected chi connectivity index (χ4v) is 3.32. The van der Waals surface area contributed by atoms with Gasteiger partial charge in [0.15, 0.2) is 0 Å². The molecule has 1 aromatic heterocycles. The third-order valence-corrected chi connectivity index (χ3v) is 4.73. The second kappa shape index (κ2) is 7.23. The zero-order valence-corrected chi connectivity index (χ0v) is 14.1. The lowest BCUT2D eigenvalue weighted by Crippen LogP contribution is -2.31. The Labute approximate surface area is 146 Å². The van der Waals surface area contributed by atoms with Crippen molar-refractivity contribution in [1.82, 2.24) is 15.5 Å². The van der Waals surface area contributed by atoms with Crippen LogP contribution in [0.15, 0.2) is 28.8 Å². The molecule has 0 spiro atoms. The van der Waals surface area contributed by atoms with E-state index in [-0.39, 0.29) is 17.9 Å². The van der Waals surface area contributed by atoms with Crippen LogP contribution in [0.5, 0.6) is 0 Å². The SMILES string of the molecule is O=C(NC[C@H]1CCCO1)c1nc(-c2ccc(N3CCCC3)cc2)no1. The van der Waals surface area contributed by atoms with E-state index in [1.807, 2.05) is 12.1 Å². The van der Waals surface area contributed by atoms with Crippen molar-refractivity contribution < 1.29 is 14.1 Å². The molecular weight excluding hydrogens is 320 g/mol. The van der Waals surface area contributed by atoms with Gasteiger partial charge in [-0.25, -0.2) is 0 Å². The summed E-state index contributed by atoms with van der Waals surface area (Å²) in [7, 11) is 0. The van der Waals surface area contributed by atoms with Gasteiger partial charge < -0.3 is 19.5 Å². The van der Waals surface area contributed by atoms with E-state index >= 15 is 0 Å². The molecule has 1 aromatic carbocycles. The Morgan fingerprint density at radius 2 is 2.00 bits per heavy atom. The zero-order chi connectivity index (χ0) is 17.1. The number of amides is 1. The van der Waals surface area contributed by atoms with Crippen LogP contribution < -0.4 is 10.2 Å². The van der Waals surface area contributed by atoms with Gasteiger partial charge in [-0.3, -0.25) is 4.79 Å². The normalized spacial score (nSPS) is 20.2. The minimum absolute atomic E-state index is 0.0170. The predicted molar refractivity (Wildman–Crippen MR) is 92.5 cm³/mol. The number of carbonyl (C=O) groups is 1. The van der Waals surface area contributed by atoms with Gasteiger partial charge in [-0.1, -0.05) is 5.16 Å². The number of hydrogen-bond acceptors (Lipinski definition) is 6. The number of nitrogens with zero attached hydrogens (tertiary/aromatic N) is 3. The molecule has 7 heteroatoms. The number of carbonyl (C=O) groups excluding carboxylic acids is 1. The number of nitrogens with one attached hydrogen (secondary N) is 1. The Balaban J connectivity index is 1.39. The van der Waals surface area contributed by atoms with Gasteiger partial charge in [0.2, 0.25) is 5.82 Å². The van der Waals surface area contributed by atoms with Crippen molar-refractivity contribution in [3.8, 4) is 11.4 Å². The van der Waals surface area contributed by atoms with Crippen molar-refractivity contribution in [2.75, 3.05) is 31.1 Å². The lowest BCUT2D eigenvalue weighted by atomic mass is 10.2. The summed E-state index contributed by atoms with van der Waals surface area (Å²) in [5, 5.41) is 6.71. The third-order valence-electron chi connectivity index (χ3n) is 4.73. The Morgan fingerprint density at radius 3 is 2.72 bits per heavy atom. The van der Waals surface area contributed by atoms with Crippen LogP contribution in [0.2, 0.25) is 0 Å². The molecule has 2 aliphatic rings. The van der Waals surface area contributed by atoms with Gasteiger partial charge in [-0.2, -0.15) is 4.98 Å². The summed E-state index contributed by atoms with van der Waals surface area (Å²) in [6.45, 7) is 3.45. The van der Waals surface area contributed by atoms with E-state index < -0.39 is 0 Å². The second-order valence-corrected chi connectivity index (χ2v) is 6.51. The molecule has 2 fully saturated rings. The maximum absolute atomic E-state index is 12.1. The lowest BCUT2D eigenvalue weighted by Gasteiger charge is -2.17. The third kappa shape index (κ3) is 3.66. The van der Waals surface area contributed by atoms with Gasteiger partial charge in [0.05, 0.1) is 6.10 Å². The minimum atomic E-state index is -0.358. The van der Waals surface area contributed by atoms with Crippen molar-refractivity contribution >= 4 is 11.6 Å². The smallest absolute Gasteiger partial charge is 0.316 e. The highest BCUT2D eigenvalue weighted by atomic mass is 16.5. The predicted octanol–water partition coefficient (Wildman–Crippen LogP) is 2.25. The highest BCUT2D eigenvalue weighted by Crippen LogP contribution is 2.24. The molecule has 7 nitrogen and oxygen atoms in total. The molecule has 0 unspecified atom stereocenters. The van der Waals surface area contributed by atoms with Crippen LogP contribution in [0.1, 0.15) is 36.4 Å². The number of hydrogen-bond donors (Lipinski definition) is 1. The molecule has 2 aromatic rings. The first-order valence-electron chi connectivity index (χ1n) is 8.88. The monoisotopic (exact) mass is 342 g/mol. The minimum Gasteiger partial charge on any atom is -0.376 e. The standard InChI is InChI=1S/C18H22N4O3/c23-17(19-12-15-4-3-11-24-15)18-20-16(21-25-18)13-5-7-14(8-6-13)22-9-1-2-10-22/h5-8,15H,1-4,9-12H2,(H,19,23)/t15-/m1/s1. The number of anilines is 1. The Bertz CT molecular complexity index is 716. The average molecular weight is 342 g/mol. The molecule has 2 aliphatic heterocycles. The van der Waals surface area contributed by atoms with Gasteiger partial charge in [-0.05, 0) is 49.9 Å². The summed E-state index contributed by atoms with van der Waals surface area (Å²) in [6, 6.07) is 8.06. The van der Waals surface area contributed by atoms with Crippen molar-refractivity contribution in [2.24, 2.45) is 0 Å². The number of ether oxygens (including phenoxy) is 1. The summed E-state index contributed by atoms with van der Waals surface area (Å²) in [6.07, 6.45) is 4.59. The topological polar surface area (TPSA) is 80.5 Å².